The SMILES string of the molecule is CCn1c(=O)[nH]c2cc(C(=O)N(CC(=O)O)C(C)C)ccc2c1=O. The topological polar surface area (TPSA) is 112 Å². The number of aromatic amines is 1. The zero-order chi connectivity index (χ0) is 18.0. The second-order valence-electron chi connectivity index (χ2n) is 5.66. The van der Waals surface area contributed by atoms with Gasteiger partial charge in [0, 0.05) is 18.2 Å². The molecule has 2 aromatic rings. The smallest absolute Gasteiger partial charge is 0.328 e. The van der Waals surface area contributed by atoms with Gasteiger partial charge in [-0.25, -0.2) is 4.79 Å². The first kappa shape index (κ1) is 17.5. The number of carboxylic acids is 1. The standard InChI is InChI=1S/C16H19N3O5/c1-4-18-15(23)11-6-5-10(7-12(11)17-16(18)24)14(22)19(9(2)3)8-13(20)21/h5-7,9H,4,8H2,1-3H3,(H,17,24)(H,20,21). The summed E-state index contributed by atoms with van der Waals surface area (Å²) in [6, 6.07) is 4.02. The fourth-order valence-electron chi connectivity index (χ4n) is 2.48. The number of hydrogen-bond donors (Lipinski definition) is 2. The van der Waals surface area contributed by atoms with Crippen LogP contribution < -0.4 is 11.2 Å². The number of aliphatic carboxylic acids is 1. The van der Waals surface area contributed by atoms with Crippen LogP contribution >= 0.6 is 0 Å². The van der Waals surface area contributed by atoms with E-state index in [9.17, 15) is 19.2 Å². The first-order valence-electron chi connectivity index (χ1n) is 7.55. The molecule has 0 aliphatic rings. The molecule has 2 N–H and O–H groups in total. The Bertz CT molecular complexity index is 910. The molecule has 0 bridgehead atoms. The quantitative estimate of drug-likeness (QED) is 0.834. The summed E-state index contributed by atoms with van der Waals surface area (Å²) in [5.74, 6) is -1.59. The van der Waals surface area contributed by atoms with Crippen molar-refractivity contribution in [3.8, 4) is 0 Å². The van der Waals surface area contributed by atoms with Gasteiger partial charge in [0.1, 0.15) is 6.54 Å². The Morgan fingerprint density at radius 3 is 2.50 bits per heavy atom. The minimum absolute atomic E-state index is 0.210. The summed E-state index contributed by atoms with van der Waals surface area (Å²) in [5, 5.41) is 9.24. The number of benzene rings is 1. The molecule has 8 heteroatoms. The number of nitrogens with one attached hydrogen (secondary N) is 1. The molecule has 2 rings (SSSR count). The van der Waals surface area contributed by atoms with Gasteiger partial charge in [-0.1, -0.05) is 0 Å². The van der Waals surface area contributed by atoms with Crippen LogP contribution in [-0.2, 0) is 11.3 Å². The van der Waals surface area contributed by atoms with E-state index < -0.39 is 29.7 Å². The number of H-pyrrole nitrogens is 1. The molecular weight excluding hydrogens is 314 g/mol. The fraction of sp³-hybridized carbons (Fsp3) is 0.375. The van der Waals surface area contributed by atoms with Crippen LogP contribution in [-0.4, -0.2) is 44.0 Å². The van der Waals surface area contributed by atoms with E-state index in [0.717, 1.165) is 4.57 Å². The first-order valence-corrected chi connectivity index (χ1v) is 7.55. The summed E-state index contributed by atoms with van der Waals surface area (Å²) in [6.45, 7) is 4.92. The van der Waals surface area contributed by atoms with E-state index >= 15 is 0 Å². The number of carbonyl (C=O) groups excluding carboxylic acids is 1. The van der Waals surface area contributed by atoms with Gasteiger partial charge in [-0.2, -0.15) is 0 Å². The minimum atomic E-state index is -1.11. The fourth-order valence-corrected chi connectivity index (χ4v) is 2.48. The van der Waals surface area contributed by atoms with Crippen molar-refractivity contribution in [3.05, 3.63) is 44.6 Å². The average Bonchev–Trinajstić information content (AvgIpc) is 2.51. The van der Waals surface area contributed by atoms with Gasteiger partial charge in [-0.15, -0.1) is 0 Å². The van der Waals surface area contributed by atoms with E-state index in [1.54, 1.807) is 20.8 Å². The van der Waals surface area contributed by atoms with Crippen molar-refractivity contribution in [3.63, 3.8) is 0 Å². The number of rotatable bonds is 5. The first-order chi connectivity index (χ1) is 11.3. The number of nitrogens with zero attached hydrogens (tertiary/aromatic N) is 2. The zero-order valence-corrected chi connectivity index (χ0v) is 13.7. The number of fused-ring (bicyclic) bond motifs is 1. The maximum absolute atomic E-state index is 12.5. The summed E-state index contributed by atoms with van der Waals surface area (Å²) in [6.07, 6.45) is 0. The van der Waals surface area contributed by atoms with Crippen LogP contribution in [0.3, 0.4) is 0 Å². The van der Waals surface area contributed by atoms with Crippen molar-refractivity contribution in [1.82, 2.24) is 14.5 Å². The van der Waals surface area contributed by atoms with Crippen molar-refractivity contribution >= 4 is 22.8 Å². The Labute approximate surface area is 137 Å². The molecule has 0 aliphatic heterocycles. The van der Waals surface area contributed by atoms with Crippen LogP contribution in [0.4, 0.5) is 0 Å². The number of amides is 1. The highest BCUT2D eigenvalue weighted by atomic mass is 16.4. The van der Waals surface area contributed by atoms with Crippen molar-refractivity contribution in [2.45, 2.75) is 33.4 Å². The molecule has 0 atom stereocenters. The summed E-state index contributed by atoms with van der Waals surface area (Å²) in [7, 11) is 0. The van der Waals surface area contributed by atoms with Crippen LogP contribution in [0.5, 0.6) is 0 Å². The number of aromatic nitrogens is 2. The molecule has 0 spiro atoms. The van der Waals surface area contributed by atoms with Crippen LogP contribution in [0.2, 0.25) is 0 Å². The van der Waals surface area contributed by atoms with Gasteiger partial charge in [0.25, 0.3) is 11.5 Å². The lowest BCUT2D eigenvalue weighted by atomic mass is 10.1. The molecule has 1 aromatic carbocycles. The third-order valence-corrected chi connectivity index (χ3v) is 3.73. The van der Waals surface area contributed by atoms with Gasteiger partial charge in [-0.3, -0.25) is 19.0 Å². The molecule has 8 nitrogen and oxygen atoms in total. The lowest BCUT2D eigenvalue weighted by molar-refractivity contribution is -0.138. The van der Waals surface area contributed by atoms with Gasteiger partial charge < -0.3 is 15.0 Å². The summed E-state index contributed by atoms with van der Waals surface area (Å²) >= 11 is 0. The van der Waals surface area contributed by atoms with E-state index in [1.165, 1.54) is 23.1 Å². The molecular formula is C16H19N3O5. The maximum atomic E-state index is 12.5. The van der Waals surface area contributed by atoms with Crippen molar-refractivity contribution in [2.24, 2.45) is 0 Å². The number of hydrogen-bond acceptors (Lipinski definition) is 4. The molecule has 0 saturated heterocycles. The Hall–Kier alpha value is -2.90. The Balaban J connectivity index is 2.54. The minimum Gasteiger partial charge on any atom is -0.480 e. The second-order valence-corrected chi connectivity index (χ2v) is 5.66. The van der Waals surface area contributed by atoms with Gasteiger partial charge in [0.15, 0.2) is 0 Å². The van der Waals surface area contributed by atoms with E-state index in [2.05, 4.69) is 4.98 Å². The summed E-state index contributed by atoms with van der Waals surface area (Å²) in [5.41, 5.74) is -0.520. The molecule has 0 aliphatic carbocycles. The third kappa shape index (κ3) is 3.22. The maximum Gasteiger partial charge on any atom is 0.328 e. The van der Waals surface area contributed by atoms with Crippen LogP contribution in [0.15, 0.2) is 27.8 Å². The Morgan fingerprint density at radius 2 is 1.96 bits per heavy atom. The third-order valence-electron chi connectivity index (χ3n) is 3.73. The van der Waals surface area contributed by atoms with E-state index in [1.807, 2.05) is 0 Å². The Kier molecular flexibility index (Phi) is 4.87. The molecule has 0 radical (unpaired) electrons. The highest BCUT2D eigenvalue weighted by molar-refractivity contribution is 5.99. The average molecular weight is 333 g/mol. The molecule has 0 saturated carbocycles. The number of carboxylic acid groups (broad SMARTS) is 1. The van der Waals surface area contributed by atoms with E-state index in [0.29, 0.717) is 5.39 Å². The summed E-state index contributed by atoms with van der Waals surface area (Å²) < 4.78 is 1.06. The van der Waals surface area contributed by atoms with Gasteiger partial charge >= 0.3 is 11.7 Å². The largest absolute Gasteiger partial charge is 0.480 e. The van der Waals surface area contributed by atoms with E-state index in [-0.39, 0.29) is 23.7 Å². The van der Waals surface area contributed by atoms with Gasteiger partial charge in [-0.05, 0) is 39.0 Å². The molecule has 128 valence electrons. The monoisotopic (exact) mass is 333 g/mol. The summed E-state index contributed by atoms with van der Waals surface area (Å²) in [4.78, 5) is 51.4. The molecule has 24 heavy (non-hydrogen) atoms. The molecule has 0 fully saturated rings. The molecule has 1 aromatic heterocycles. The molecule has 1 heterocycles. The van der Waals surface area contributed by atoms with Gasteiger partial charge in [0.05, 0.1) is 10.9 Å². The van der Waals surface area contributed by atoms with Crippen LogP contribution in [0.1, 0.15) is 31.1 Å². The zero-order valence-electron chi connectivity index (χ0n) is 13.7. The lowest BCUT2D eigenvalue weighted by Crippen LogP contribution is -2.40. The van der Waals surface area contributed by atoms with Crippen molar-refractivity contribution in [1.29, 1.82) is 0 Å². The second kappa shape index (κ2) is 6.69. The highest BCUT2D eigenvalue weighted by Gasteiger charge is 2.22. The van der Waals surface area contributed by atoms with Crippen LogP contribution in [0, 0.1) is 0 Å². The van der Waals surface area contributed by atoms with Crippen LogP contribution in [0.25, 0.3) is 10.9 Å². The van der Waals surface area contributed by atoms with E-state index in [4.69, 9.17) is 5.11 Å². The highest BCUT2D eigenvalue weighted by Crippen LogP contribution is 2.13. The van der Waals surface area contributed by atoms with Crippen molar-refractivity contribution < 1.29 is 14.7 Å². The molecule has 1 amide bonds. The molecule has 0 unspecified atom stereocenters. The lowest BCUT2D eigenvalue weighted by Gasteiger charge is -2.25. The van der Waals surface area contributed by atoms with Crippen molar-refractivity contribution in [2.75, 3.05) is 6.54 Å². The number of carbonyl (C=O) groups is 2. The predicted molar refractivity (Wildman–Crippen MR) is 88.3 cm³/mol. The Morgan fingerprint density at radius 1 is 1.29 bits per heavy atom. The normalized spacial score (nSPS) is 11.0. The van der Waals surface area contributed by atoms with Gasteiger partial charge in [0.2, 0.25) is 0 Å². The predicted octanol–water partition coefficient (Wildman–Crippen LogP) is 0.645.